The Kier molecular flexibility index (Phi) is 6.37. The zero-order valence-corrected chi connectivity index (χ0v) is 18.6. The van der Waals surface area contributed by atoms with Crippen LogP contribution < -0.4 is 10.1 Å². The second-order valence-electron chi connectivity index (χ2n) is 7.54. The Labute approximate surface area is 191 Å². The summed E-state index contributed by atoms with van der Waals surface area (Å²) in [4.78, 5) is 17.8. The maximum Gasteiger partial charge on any atom is 0.256 e. The van der Waals surface area contributed by atoms with Gasteiger partial charge >= 0.3 is 0 Å². The first-order valence-corrected chi connectivity index (χ1v) is 12.2. The molecule has 4 rings (SSSR count). The summed E-state index contributed by atoms with van der Waals surface area (Å²) in [5, 5.41) is 3.54. The quantitative estimate of drug-likeness (QED) is 0.428. The predicted molar refractivity (Wildman–Crippen MR) is 127 cm³/mol. The van der Waals surface area contributed by atoms with Crippen molar-refractivity contribution in [3.05, 3.63) is 90.2 Å². The predicted octanol–water partition coefficient (Wildman–Crippen LogP) is 4.72. The molecule has 0 saturated carbocycles. The van der Waals surface area contributed by atoms with Gasteiger partial charge in [0.2, 0.25) is 0 Å². The van der Waals surface area contributed by atoms with E-state index in [0.29, 0.717) is 39.2 Å². The molecular weight excluding hydrogens is 443 g/mol. The van der Waals surface area contributed by atoms with Crippen molar-refractivity contribution in [1.82, 2.24) is 4.98 Å². The van der Waals surface area contributed by atoms with Gasteiger partial charge in [-0.15, -0.1) is 0 Å². The Bertz CT molecular complexity index is 1420. The number of nitrogens with one attached hydrogen (secondary N) is 1. The smallest absolute Gasteiger partial charge is 0.256 e. The van der Waals surface area contributed by atoms with Crippen LogP contribution in [0.25, 0.3) is 22.2 Å². The van der Waals surface area contributed by atoms with E-state index < -0.39 is 9.84 Å². The third kappa shape index (κ3) is 5.72. The lowest BCUT2D eigenvalue weighted by molar-refractivity contribution is 0.102. The molecule has 1 heterocycles. The molecule has 0 spiro atoms. The molecule has 4 aromatic rings. The van der Waals surface area contributed by atoms with Crippen molar-refractivity contribution in [3.63, 3.8) is 0 Å². The summed E-state index contributed by atoms with van der Waals surface area (Å²) in [7, 11) is -3.13. The van der Waals surface area contributed by atoms with Gasteiger partial charge in [0.05, 0.1) is 22.5 Å². The summed E-state index contributed by atoms with van der Waals surface area (Å²) >= 11 is 0. The third-order valence-electron chi connectivity index (χ3n) is 4.92. The molecule has 0 aliphatic heterocycles. The molecule has 0 radical (unpaired) electrons. The number of pyridine rings is 1. The molecule has 1 amide bonds. The Hall–Kier alpha value is -3.78. The van der Waals surface area contributed by atoms with Gasteiger partial charge in [0.1, 0.15) is 18.2 Å². The number of fused-ring (bicyclic) bond motifs is 1. The van der Waals surface area contributed by atoms with Crippen LogP contribution in [0.5, 0.6) is 5.75 Å². The van der Waals surface area contributed by atoms with Gasteiger partial charge in [-0.3, -0.25) is 4.79 Å². The Morgan fingerprint density at radius 1 is 1.00 bits per heavy atom. The highest BCUT2D eigenvalue weighted by Crippen LogP contribution is 2.26. The van der Waals surface area contributed by atoms with Gasteiger partial charge in [0, 0.05) is 29.0 Å². The maximum absolute atomic E-state index is 13.3. The van der Waals surface area contributed by atoms with Crippen LogP contribution in [-0.4, -0.2) is 37.9 Å². The van der Waals surface area contributed by atoms with Gasteiger partial charge in [-0.25, -0.2) is 17.8 Å². The number of carbonyl (C=O) groups is 1. The van der Waals surface area contributed by atoms with Crippen LogP contribution in [0.1, 0.15) is 10.4 Å². The number of nitrogens with zero attached hydrogens (tertiary/aromatic N) is 1. The van der Waals surface area contributed by atoms with Crippen molar-refractivity contribution < 1.29 is 22.3 Å². The summed E-state index contributed by atoms with van der Waals surface area (Å²) in [5.41, 5.74) is 2.81. The van der Waals surface area contributed by atoms with Crippen molar-refractivity contribution >= 4 is 32.3 Å². The van der Waals surface area contributed by atoms with Crippen molar-refractivity contribution in [2.24, 2.45) is 0 Å². The lowest BCUT2D eigenvalue weighted by atomic mass is 10.0. The fourth-order valence-electron chi connectivity index (χ4n) is 3.30. The molecular formula is C25H21FN2O4S. The van der Waals surface area contributed by atoms with Crippen molar-refractivity contribution in [3.8, 4) is 17.0 Å². The van der Waals surface area contributed by atoms with Crippen molar-refractivity contribution in [2.45, 2.75) is 0 Å². The van der Waals surface area contributed by atoms with Crippen LogP contribution in [-0.2, 0) is 9.84 Å². The van der Waals surface area contributed by atoms with Crippen LogP contribution >= 0.6 is 0 Å². The number of ether oxygens (including phenoxy) is 1. The van der Waals surface area contributed by atoms with Gasteiger partial charge in [0.15, 0.2) is 9.84 Å². The van der Waals surface area contributed by atoms with E-state index >= 15 is 0 Å². The van der Waals surface area contributed by atoms with E-state index in [-0.39, 0.29) is 24.1 Å². The number of anilines is 1. The summed E-state index contributed by atoms with van der Waals surface area (Å²) in [6.45, 7) is 0.0201. The minimum Gasteiger partial charge on any atom is -0.492 e. The lowest BCUT2D eigenvalue weighted by Gasteiger charge is -2.12. The van der Waals surface area contributed by atoms with Crippen molar-refractivity contribution in [1.29, 1.82) is 0 Å². The number of aromatic nitrogens is 1. The number of sulfone groups is 1. The summed E-state index contributed by atoms with van der Waals surface area (Å²) < 4.78 is 41.4. The van der Waals surface area contributed by atoms with Crippen molar-refractivity contribution in [2.75, 3.05) is 23.9 Å². The minimum atomic E-state index is -3.13. The SMILES string of the molecule is CS(=O)(=O)CCOc1cccc(NC(=O)c2cc(-c3ccc(F)cc3)nc3ccccc23)c1. The molecule has 0 saturated heterocycles. The standard InChI is InChI=1S/C25H21FN2O4S/c1-33(30,31)14-13-32-20-6-4-5-19(15-20)27-25(29)22-16-24(17-9-11-18(26)12-10-17)28-23-8-3-2-7-21(22)23/h2-12,15-16H,13-14H2,1H3,(H,27,29). The maximum atomic E-state index is 13.3. The molecule has 3 aromatic carbocycles. The lowest BCUT2D eigenvalue weighted by Crippen LogP contribution is -2.14. The van der Waals surface area contributed by atoms with E-state index in [9.17, 15) is 17.6 Å². The molecule has 0 aliphatic carbocycles. The first-order chi connectivity index (χ1) is 15.8. The van der Waals surface area contributed by atoms with Gasteiger partial charge < -0.3 is 10.1 Å². The molecule has 33 heavy (non-hydrogen) atoms. The number of para-hydroxylation sites is 1. The van der Waals surface area contributed by atoms with E-state index in [2.05, 4.69) is 10.3 Å². The molecule has 0 atom stereocenters. The zero-order valence-electron chi connectivity index (χ0n) is 17.8. The molecule has 0 unspecified atom stereocenters. The first kappa shape index (κ1) is 22.4. The summed E-state index contributed by atoms with van der Waals surface area (Å²) in [5.74, 6) is -0.344. The summed E-state index contributed by atoms with van der Waals surface area (Å²) in [6, 6.07) is 21.6. The molecule has 1 N–H and O–H groups in total. The largest absolute Gasteiger partial charge is 0.492 e. The number of benzene rings is 3. The number of halogens is 1. The molecule has 168 valence electrons. The zero-order chi connectivity index (χ0) is 23.4. The molecule has 0 bridgehead atoms. The van der Waals surface area contributed by atoms with E-state index in [1.165, 1.54) is 12.1 Å². The average molecular weight is 465 g/mol. The number of hydrogen-bond acceptors (Lipinski definition) is 5. The molecule has 6 nitrogen and oxygen atoms in total. The minimum absolute atomic E-state index is 0.0201. The fraction of sp³-hybridized carbons (Fsp3) is 0.120. The molecule has 8 heteroatoms. The second kappa shape index (κ2) is 9.38. The highest BCUT2D eigenvalue weighted by atomic mass is 32.2. The third-order valence-corrected chi connectivity index (χ3v) is 5.82. The molecule has 1 aromatic heterocycles. The van der Waals surface area contributed by atoms with Crippen LogP contribution in [0, 0.1) is 5.82 Å². The number of amides is 1. The van der Waals surface area contributed by atoms with Crippen LogP contribution in [0.15, 0.2) is 78.9 Å². The summed E-state index contributed by atoms with van der Waals surface area (Å²) in [6.07, 6.45) is 1.15. The highest BCUT2D eigenvalue weighted by Gasteiger charge is 2.15. The van der Waals surface area contributed by atoms with Crippen LogP contribution in [0.4, 0.5) is 10.1 Å². The van der Waals surface area contributed by atoms with Gasteiger partial charge in [-0.2, -0.15) is 0 Å². The van der Waals surface area contributed by atoms with Gasteiger partial charge in [0.25, 0.3) is 5.91 Å². The topological polar surface area (TPSA) is 85.4 Å². The van der Waals surface area contributed by atoms with E-state index in [4.69, 9.17) is 4.74 Å². The second-order valence-corrected chi connectivity index (χ2v) is 9.80. The Morgan fingerprint density at radius 3 is 2.52 bits per heavy atom. The highest BCUT2D eigenvalue weighted by molar-refractivity contribution is 7.90. The van der Waals surface area contributed by atoms with Gasteiger partial charge in [-0.1, -0.05) is 24.3 Å². The first-order valence-electron chi connectivity index (χ1n) is 10.2. The monoisotopic (exact) mass is 464 g/mol. The fourth-order valence-corrected chi connectivity index (χ4v) is 3.69. The normalized spacial score (nSPS) is 11.3. The van der Waals surface area contributed by atoms with E-state index in [1.807, 2.05) is 24.3 Å². The Balaban J connectivity index is 1.62. The molecule has 0 aliphatic rings. The average Bonchev–Trinajstić information content (AvgIpc) is 2.78. The van der Waals surface area contributed by atoms with E-state index in [1.54, 1.807) is 42.5 Å². The van der Waals surface area contributed by atoms with Gasteiger partial charge in [-0.05, 0) is 48.5 Å². The number of carbonyl (C=O) groups excluding carboxylic acids is 1. The Morgan fingerprint density at radius 2 is 1.76 bits per heavy atom. The number of rotatable bonds is 7. The number of hydrogen-bond donors (Lipinski definition) is 1. The molecule has 0 fully saturated rings. The van der Waals surface area contributed by atoms with Crippen LogP contribution in [0.3, 0.4) is 0 Å². The van der Waals surface area contributed by atoms with E-state index in [0.717, 1.165) is 6.26 Å². The van der Waals surface area contributed by atoms with Crippen LogP contribution in [0.2, 0.25) is 0 Å².